The Morgan fingerprint density at radius 2 is 2.22 bits per heavy atom. The standard InChI is InChI=1S/C11H14N2O4S/c1-18(16,17)13-6-9(10(7-13)11(14)15)8-3-2-4-12-5-8/h2-5,9-10H,6-7H2,1H3,(H,14,15). The number of carboxylic acid groups (broad SMARTS) is 1. The lowest BCUT2D eigenvalue weighted by Gasteiger charge is -2.14. The topological polar surface area (TPSA) is 87.6 Å². The van der Waals surface area contributed by atoms with Crippen LogP contribution in [0.15, 0.2) is 24.5 Å². The van der Waals surface area contributed by atoms with Gasteiger partial charge in [0, 0.05) is 31.4 Å². The monoisotopic (exact) mass is 270 g/mol. The van der Waals surface area contributed by atoms with Crippen LogP contribution in [0.4, 0.5) is 0 Å². The van der Waals surface area contributed by atoms with E-state index < -0.39 is 21.9 Å². The van der Waals surface area contributed by atoms with E-state index in [9.17, 15) is 18.3 Å². The fraction of sp³-hybridized carbons (Fsp3) is 0.455. The molecule has 2 unspecified atom stereocenters. The van der Waals surface area contributed by atoms with Gasteiger partial charge in [0.15, 0.2) is 0 Å². The molecule has 0 bridgehead atoms. The van der Waals surface area contributed by atoms with E-state index in [-0.39, 0.29) is 19.0 Å². The molecule has 1 aliphatic rings. The van der Waals surface area contributed by atoms with Gasteiger partial charge in [0.2, 0.25) is 10.0 Å². The lowest BCUT2D eigenvalue weighted by Crippen LogP contribution is -2.28. The average molecular weight is 270 g/mol. The molecule has 0 radical (unpaired) electrons. The lowest BCUT2D eigenvalue weighted by atomic mass is 9.90. The Morgan fingerprint density at radius 1 is 1.50 bits per heavy atom. The third-order valence-electron chi connectivity index (χ3n) is 3.19. The Kier molecular flexibility index (Phi) is 3.36. The minimum absolute atomic E-state index is 0.0216. The Morgan fingerprint density at radius 3 is 2.72 bits per heavy atom. The molecule has 6 nitrogen and oxygen atoms in total. The van der Waals surface area contributed by atoms with Gasteiger partial charge in [-0.15, -0.1) is 0 Å². The molecule has 1 saturated heterocycles. The molecule has 98 valence electrons. The largest absolute Gasteiger partial charge is 0.481 e. The summed E-state index contributed by atoms with van der Waals surface area (Å²) in [6, 6.07) is 3.50. The fourth-order valence-electron chi connectivity index (χ4n) is 2.22. The van der Waals surface area contributed by atoms with Gasteiger partial charge in [-0.05, 0) is 11.6 Å². The van der Waals surface area contributed by atoms with Crippen molar-refractivity contribution in [2.45, 2.75) is 5.92 Å². The summed E-state index contributed by atoms with van der Waals surface area (Å²) >= 11 is 0. The van der Waals surface area contributed by atoms with Crippen molar-refractivity contribution in [2.24, 2.45) is 5.92 Å². The number of sulfonamides is 1. The Balaban J connectivity index is 2.32. The van der Waals surface area contributed by atoms with Crippen LogP contribution in [0.2, 0.25) is 0 Å². The van der Waals surface area contributed by atoms with Gasteiger partial charge >= 0.3 is 5.97 Å². The van der Waals surface area contributed by atoms with E-state index in [4.69, 9.17) is 0 Å². The number of pyridine rings is 1. The first-order valence-electron chi connectivity index (χ1n) is 5.47. The van der Waals surface area contributed by atoms with Gasteiger partial charge in [-0.3, -0.25) is 9.78 Å². The fourth-order valence-corrected chi connectivity index (χ4v) is 3.08. The zero-order chi connectivity index (χ0) is 13.3. The number of carboxylic acids is 1. The molecular formula is C11H14N2O4S. The number of aromatic nitrogens is 1. The normalized spacial score (nSPS) is 25.2. The van der Waals surface area contributed by atoms with Crippen molar-refractivity contribution in [3.8, 4) is 0 Å². The van der Waals surface area contributed by atoms with Crippen molar-refractivity contribution in [3.05, 3.63) is 30.1 Å². The summed E-state index contributed by atoms with van der Waals surface area (Å²) in [7, 11) is -3.36. The van der Waals surface area contributed by atoms with Crippen LogP contribution in [0.25, 0.3) is 0 Å². The number of rotatable bonds is 3. The van der Waals surface area contributed by atoms with Crippen molar-refractivity contribution in [1.29, 1.82) is 0 Å². The molecular weight excluding hydrogens is 256 g/mol. The van der Waals surface area contributed by atoms with E-state index >= 15 is 0 Å². The van der Waals surface area contributed by atoms with Crippen molar-refractivity contribution >= 4 is 16.0 Å². The molecule has 7 heteroatoms. The summed E-state index contributed by atoms with van der Waals surface area (Å²) in [5.74, 6) is -2.04. The van der Waals surface area contributed by atoms with Crippen LogP contribution in [0, 0.1) is 5.92 Å². The predicted molar refractivity (Wildman–Crippen MR) is 64.5 cm³/mol. The second-order valence-electron chi connectivity index (χ2n) is 4.42. The quantitative estimate of drug-likeness (QED) is 0.844. The highest BCUT2D eigenvalue weighted by atomic mass is 32.2. The van der Waals surface area contributed by atoms with Gasteiger partial charge in [-0.25, -0.2) is 12.7 Å². The molecule has 0 amide bonds. The molecule has 1 aromatic heterocycles. The second kappa shape index (κ2) is 4.66. The Labute approximate surface area is 105 Å². The summed E-state index contributed by atoms with van der Waals surface area (Å²) in [4.78, 5) is 15.2. The van der Waals surface area contributed by atoms with Crippen LogP contribution < -0.4 is 0 Å². The van der Waals surface area contributed by atoms with E-state index in [0.717, 1.165) is 11.8 Å². The average Bonchev–Trinajstić information content (AvgIpc) is 2.74. The number of nitrogens with zero attached hydrogens (tertiary/aromatic N) is 2. The number of hydrogen-bond donors (Lipinski definition) is 1. The van der Waals surface area contributed by atoms with Gasteiger partial charge in [0.25, 0.3) is 0 Å². The van der Waals surface area contributed by atoms with Crippen LogP contribution in [-0.2, 0) is 14.8 Å². The van der Waals surface area contributed by atoms with Gasteiger partial charge in [0.05, 0.1) is 12.2 Å². The Hall–Kier alpha value is -1.47. The maximum atomic E-state index is 11.5. The molecule has 2 heterocycles. The maximum Gasteiger partial charge on any atom is 0.308 e. The lowest BCUT2D eigenvalue weighted by molar-refractivity contribution is -0.141. The van der Waals surface area contributed by atoms with Crippen LogP contribution in [0.1, 0.15) is 11.5 Å². The smallest absolute Gasteiger partial charge is 0.308 e. The van der Waals surface area contributed by atoms with E-state index in [1.807, 2.05) is 0 Å². The first-order valence-corrected chi connectivity index (χ1v) is 7.32. The zero-order valence-corrected chi connectivity index (χ0v) is 10.7. The van der Waals surface area contributed by atoms with E-state index in [1.54, 1.807) is 24.5 Å². The summed E-state index contributed by atoms with van der Waals surface area (Å²) in [6.45, 7) is 0.217. The first kappa shape index (κ1) is 13.0. The molecule has 0 aliphatic carbocycles. The molecule has 2 atom stereocenters. The highest BCUT2D eigenvalue weighted by Crippen LogP contribution is 2.33. The third-order valence-corrected chi connectivity index (χ3v) is 4.42. The van der Waals surface area contributed by atoms with Crippen LogP contribution in [-0.4, -0.2) is 48.1 Å². The molecule has 0 spiro atoms. The summed E-state index contributed by atoms with van der Waals surface area (Å²) in [5.41, 5.74) is 0.760. The molecule has 1 aromatic rings. The highest BCUT2D eigenvalue weighted by Gasteiger charge is 2.41. The number of aliphatic carboxylic acids is 1. The van der Waals surface area contributed by atoms with Crippen LogP contribution in [0.5, 0.6) is 0 Å². The van der Waals surface area contributed by atoms with E-state index in [1.165, 1.54) is 4.31 Å². The number of carbonyl (C=O) groups is 1. The summed E-state index contributed by atoms with van der Waals surface area (Å²) in [5, 5.41) is 9.19. The highest BCUT2D eigenvalue weighted by molar-refractivity contribution is 7.88. The third kappa shape index (κ3) is 2.51. The van der Waals surface area contributed by atoms with Gasteiger partial charge < -0.3 is 5.11 Å². The zero-order valence-electron chi connectivity index (χ0n) is 9.85. The molecule has 1 N–H and O–H groups in total. The minimum atomic E-state index is -3.36. The summed E-state index contributed by atoms with van der Waals surface area (Å²) < 4.78 is 24.2. The molecule has 1 aliphatic heterocycles. The molecule has 18 heavy (non-hydrogen) atoms. The van der Waals surface area contributed by atoms with Crippen molar-refractivity contribution < 1.29 is 18.3 Å². The van der Waals surface area contributed by atoms with Crippen LogP contribution >= 0.6 is 0 Å². The van der Waals surface area contributed by atoms with Gasteiger partial charge in [-0.2, -0.15) is 0 Å². The molecule has 1 fully saturated rings. The SMILES string of the molecule is CS(=O)(=O)N1CC(C(=O)O)C(c2cccnc2)C1. The molecule has 2 rings (SSSR count). The second-order valence-corrected chi connectivity index (χ2v) is 6.40. The van der Waals surface area contributed by atoms with E-state index in [2.05, 4.69) is 4.98 Å². The minimum Gasteiger partial charge on any atom is -0.481 e. The van der Waals surface area contributed by atoms with Crippen molar-refractivity contribution in [2.75, 3.05) is 19.3 Å². The van der Waals surface area contributed by atoms with Gasteiger partial charge in [0.1, 0.15) is 0 Å². The maximum absolute atomic E-state index is 11.5. The Bertz CT molecular complexity index is 543. The van der Waals surface area contributed by atoms with Crippen molar-refractivity contribution in [3.63, 3.8) is 0 Å². The molecule has 0 aromatic carbocycles. The van der Waals surface area contributed by atoms with Crippen LogP contribution in [0.3, 0.4) is 0 Å². The van der Waals surface area contributed by atoms with Gasteiger partial charge in [-0.1, -0.05) is 6.07 Å². The predicted octanol–water partition coefficient (Wildman–Crippen LogP) is 0.141. The van der Waals surface area contributed by atoms with Crippen molar-refractivity contribution in [1.82, 2.24) is 9.29 Å². The van der Waals surface area contributed by atoms with E-state index in [0.29, 0.717) is 0 Å². The summed E-state index contributed by atoms with van der Waals surface area (Å²) in [6.07, 6.45) is 4.28. The molecule has 0 saturated carbocycles. The number of hydrogen-bond acceptors (Lipinski definition) is 4. The first-order chi connectivity index (χ1) is 8.39.